The molecule has 0 rings (SSSR count). The van der Waals surface area contributed by atoms with Crippen molar-refractivity contribution in [2.75, 3.05) is 27.7 Å². The Morgan fingerprint density at radius 1 is 0.550 bits per heavy atom. The van der Waals surface area contributed by atoms with Crippen LogP contribution in [0, 0.1) is 0 Å². The molecule has 0 aromatic rings. The van der Waals surface area contributed by atoms with Gasteiger partial charge in [-0.25, -0.2) is 0 Å². The molecule has 0 bridgehead atoms. The van der Waals surface area contributed by atoms with Crippen molar-refractivity contribution >= 4 is 17.0 Å². The highest BCUT2D eigenvalue weighted by molar-refractivity contribution is 8.93. The molecule has 0 aromatic carbocycles. The average Bonchev–Trinajstić information content (AvgIpc) is 2.29. The molecule has 0 atom stereocenters. The first-order chi connectivity index (χ1) is 8.56. The Kier molecular flexibility index (Phi) is 22.8. The molecule has 0 fully saturated rings. The van der Waals surface area contributed by atoms with Crippen LogP contribution in [0.25, 0.3) is 0 Å². The Hall–Kier alpha value is 0.730. The van der Waals surface area contributed by atoms with Gasteiger partial charge in [0.2, 0.25) is 0 Å². The third-order valence-electron chi connectivity index (χ3n) is 3.68. The molecule has 0 saturated heterocycles. The molecule has 3 heteroatoms. The van der Waals surface area contributed by atoms with Crippen molar-refractivity contribution in [2.45, 2.75) is 84.0 Å². The summed E-state index contributed by atoms with van der Waals surface area (Å²) in [6.07, 6.45) is 17.4. The van der Waals surface area contributed by atoms with E-state index in [0.29, 0.717) is 0 Å². The third kappa shape index (κ3) is 23.8. The Morgan fingerprint density at radius 2 is 0.850 bits per heavy atom. The van der Waals surface area contributed by atoms with E-state index in [1.807, 2.05) is 0 Å². The van der Waals surface area contributed by atoms with Gasteiger partial charge in [-0.05, 0) is 12.8 Å². The van der Waals surface area contributed by atoms with Crippen LogP contribution in [0.5, 0.6) is 0 Å². The standard InChI is InChI=1S/C17H38N.BrH.ClH/c1-5-6-7-8-9-10-11-12-13-14-15-16-17-18(2,3)4;;/h5-17H2,1-4H3;2*1H/q+1;;/p-1. The molecule has 0 saturated carbocycles. The molecular weight excluding hydrogens is 334 g/mol. The van der Waals surface area contributed by atoms with E-state index in [4.69, 9.17) is 0 Å². The predicted octanol–water partition coefficient (Wildman–Crippen LogP) is 2.98. The van der Waals surface area contributed by atoms with E-state index in [2.05, 4.69) is 28.1 Å². The first-order valence-corrected chi connectivity index (χ1v) is 8.36. The maximum absolute atomic E-state index is 2.29. The Bertz CT molecular complexity index is 169. The third-order valence-corrected chi connectivity index (χ3v) is 3.68. The summed E-state index contributed by atoms with van der Waals surface area (Å²) in [6, 6.07) is 0. The maximum Gasteiger partial charge on any atom is 0.0780 e. The zero-order valence-corrected chi connectivity index (χ0v) is 16.9. The minimum Gasteiger partial charge on any atom is -1.00 e. The monoisotopic (exact) mass is 371 g/mol. The molecule has 0 N–H and O–H groups in total. The van der Waals surface area contributed by atoms with Crippen molar-refractivity contribution in [2.24, 2.45) is 0 Å². The van der Waals surface area contributed by atoms with Crippen LogP contribution in [-0.4, -0.2) is 32.2 Å². The topological polar surface area (TPSA) is 0 Å². The lowest BCUT2D eigenvalue weighted by atomic mass is 10.1. The largest absolute Gasteiger partial charge is 1.00 e. The minimum atomic E-state index is 0. The summed E-state index contributed by atoms with van der Waals surface area (Å²) in [4.78, 5) is 0. The van der Waals surface area contributed by atoms with Crippen LogP contribution in [0.3, 0.4) is 0 Å². The fourth-order valence-corrected chi connectivity index (χ4v) is 2.43. The Morgan fingerprint density at radius 3 is 1.15 bits per heavy atom. The first-order valence-electron chi connectivity index (χ1n) is 8.36. The predicted molar refractivity (Wildman–Crippen MR) is 94.3 cm³/mol. The van der Waals surface area contributed by atoms with E-state index < -0.39 is 0 Å². The van der Waals surface area contributed by atoms with E-state index >= 15 is 0 Å². The number of nitrogens with zero attached hydrogens (tertiary/aromatic N) is 1. The lowest BCUT2D eigenvalue weighted by Crippen LogP contribution is -3.00. The van der Waals surface area contributed by atoms with Crippen LogP contribution >= 0.6 is 17.0 Å². The Labute approximate surface area is 145 Å². The summed E-state index contributed by atoms with van der Waals surface area (Å²) in [6.45, 7) is 3.62. The van der Waals surface area contributed by atoms with Gasteiger partial charge >= 0.3 is 0 Å². The van der Waals surface area contributed by atoms with Crippen LogP contribution in [0.15, 0.2) is 0 Å². The summed E-state index contributed by atoms with van der Waals surface area (Å²) >= 11 is 0. The smallest absolute Gasteiger partial charge is 0.0780 e. The van der Waals surface area contributed by atoms with Crippen molar-refractivity contribution in [1.82, 2.24) is 0 Å². The molecule has 0 unspecified atom stereocenters. The van der Waals surface area contributed by atoms with Crippen LogP contribution in [0.4, 0.5) is 0 Å². The van der Waals surface area contributed by atoms with Crippen molar-refractivity contribution in [1.29, 1.82) is 0 Å². The molecule has 126 valence electrons. The molecule has 0 aromatic heterocycles. The summed E-state index contributed by atoms with van der Waals surface area (Å²) in [5.74, 6) is 0. The molecule has 0 aliphatic carbocycles. The lowest BCUT2D eigenvalue weighted by Gasteiger charge is -2.23. The highest BCUT2D eigenvalue weighted by Crippen LogP contribution is 2.12. The quantitative estimate of drug-likeness (QED) is 0.344. The van der Waals surface area contributed by atoms with Gasteiger partial charge in [0.25, 0.3) is 0 Å². The summed E-state index contributed by atoms with van der Waals surface area (Å²) in [5.41, 5.74) is 0. The normalized spacial score (nSPS) is 10.8. The molecule has 0 radical (unpaired) electrons. The summed E-state index contributed by atoms with van der Waals surface area (Å²) in [7, 11) is 6.87. The molecular formula is C17H39BrClN. The van der Waals surface area contributed by atoms with E-state index in [1.165, 1.54) is 83.6 Å². The van der Waals surface area contributed by atoms with Crippen molar-refractivity contribution in [3.05, 3.63) is 0 Å². The first kappa shape index (κ1) is 25.7. The zero-order chi connectivity index (χ0) is 13.7. The molecule has 0 spiro atoms. The summed E-state index contributed by atoms with van der Waals surface area (Å²) in [5, 5.41) is 0. The molecule has 0 aliphatic rings. The fourth-order valence-electron chi connectivity index (χ4n) is 2.43. The van der Waals surface area contributed by atoms with Crippen molar-refractivity contribution in [3.8, 4) is 0 Å². The van der Waals surface area contributed by atoms with Crippen molar-refractivity contribution in [3.63, 3.8) is 0 Å². The highest BCUT2D eigenvalue weighted by Gasteiger charge is 2.04. The van der Waals surface area contributed by atoms with Crippen molar-refractivity contribution < 1.29 is 16.9 Å². The molecule has 0 aliphatic heterocycles. The SMILES string of the molecule is Br.CCCCCCCCCCCCCC[N+](C)(C)C.[Cl-]. The van der Waals surface area contributed by atoms with Gasteiger partial charge in [0.15, 0.2) is 0 Å². The molecule has 1 nitrogen and oxygen atoms in total. The van der Waals surface area contributed by atoms with Crippen LogP contribution < -0.4 is 12.4 Å². The zero-order valence-electron chi connectivity index (χ0n) is 14.4. The van der Waals surface area contributed by atoms with Gasteiger partial charge in [0.05, 0.1) is 27.7 Å². The van der Waals surface area contributed by atoms with Crippen LogP contribution in [-0.2, 0) is 0 Å². The Balaban J connectivity index is -0.00000144. The second-order valence-corrected chi connectivity index (χ2v) is 6.90. The van der Waals surface area contributed by atoms with Gasteiger partial charge < -0.3 is 16.9 Å². The van der Waals surface area contributed by atoms with Gasteiger partial charge in [-0.15, -0.1) is 17.0 Å². The van der Waals surface area contributed by atoms with Gasteiger partial charge in [-0.2, -0.15) is 0 Å². The fraction of sp³-hybridized carbons (Fsp3) is 1.00. The number of hydrogen-bond donors (Lipinski definition) is 0. The van der Waals surface area contributed by atoms with E-state index in [1.54, 1.807) is 0 Å². The number of hydrogen-bond acceptors (Lipinski definition) is 0. The second kappa shape index (κ2) is 17.8. The number of halogens is 2. The highest BCUT2D eigenvalue weighted by atomic mass is 79.9. The lowest BCUT2D eigenvalue weighted by molar-refractivity contribution is -0.870. The molecule has 0 heterocycles. The summed E-state index contributed by atoms with van der Waals surface area (Å²) < 4.78 is 1.12. The van der Waals surface area contributed by atoms with E-state index in [0.717, 1.165) is 4.48 Å². The van der Waals surface area contributed by atoms with Gasteiger partial charge in [-0.1, -0.05) is 71.1 Å². The number of unbranched alkanes of at least 4 members (excludes halogenated alkanes) is 11. The van der Waals surface area contributed by atoms with Gasteiger partial charge in [0, 0.05) is 0 Å². The minimum absolute atomic E-state index is 0. The number of rotatable bonds is 13. The van der Waals surface area contributed by atoms with Gasteiger partial charge in [0.1, 0.15) is 0 Å². The van der Waals surface area contributed by atoms with E-state index in [9.17, 15) is 0 Å². The number of quaternary nitrogens is 1. The van der Waals surface area contributed by atoms with Crippen LogP contribution in [0.2, 0.25) is 0 Å². The van der Waals surface area contributed by atoms with Gasteiger partial charge in [-0.3, -0.25) is 0 Å². The van der Waals surface area contributed by atoms with Crippen LogP contribution in [0.1, 0.15) is 84.0 Å². The average molecular weight is 373 g/mol. The molecule has 0 amide bonds. The maximum atomic E-state index is 2.29. The molecule has 20 heavy (non-hydrogen) atoms. The van der Waals surface area contributed by atoms with E-state index in [-0.39, 0.29) is 29.4 Å². The second-order valence-electron chi connectivity index (χ2n) is 6.90.